The van der Waals surface area contributed by atoms with Crippen molar-refractivity contribution in [2.45, 2.75) is 19.4 Å². The molecule has 0 heterocycles. The molecule has 0 saturated heterocycles. The van der Waals surface area contributed by atoms with E-state index in [0.29, 0.717) is 10.8 Å². The zero-order chi connectivity index (χ0) is 19.8. The molecular formula is C19H20ClN3O4. The SMILES string of the molecule is COc1ccc(Cl)cc1C(=O)NNC(=O)C[C@H](NC(C)=O)c1ccccc1. The summed E-state index contributed by atoms with van der Waals surface area (Å²) in [5.41, 5.74) is 5.63. The molecule has 7 nitrogen and oxygen atoms in total. The Morgan fingerprint density at radius 3 is 2.41 bits per heavy atom. The minimum Gasteiger partial charge on any atom is -0.496 e. The van der Waals surface area contributed by atoms with Gasteiger partial charge in [-0.15, -0.1) is 0 Å². The predicted molar refractivity (Wildman–Crippen MR) is 101 cm³/mol. The second kappa shape index (κ2) is 9.59. The first-order valence-corrected chi connectivity index (χ1v) is 8.53. The first-order valence-electron chi connectivity index (χ1n) is 8.15. The van der Waals surface area contributed by atoms with E-state index in [0.717, 1.165) is 5.56 Å². The number of ether oxygens (including phenoxy) is 1. The quantitative estimate of drug-likeness (QED) is 0.661. The van der Waals surface area contributed by atoms with Crippen LogP contribution in [0.2, 0.25) is 5.02 Å². The first-order chi connectivity index (χ1) is 12.9. The maximum atomic E-state index is 12.3. The van der Waals surface area contributed by atoms with Gasteiger partial charge in [-0.3, -0.25) is 25.2 Å². The number of carbonyl (C=O) groups excluding carboxylic acids is 3. The van der Waals surface area contributed by atoms with E-state index in [2.05, 4.69) is 16.2 Å². The molecule has 1 atom stereocenters. The van der Waals surface area contributed by atoms with Crippen LogP contribution in [-0.4, -0.2) is 24.8 Å². The Kier molecular flexibility index (Phi) is 7.19. The number of nitrogens with one attached hydrogen (secondary N) is 3. The van der Waals surface area contributed by atoms with Crippen molar-refractivity contribution in [3.63, 3.8) is 0 Å². The molecule has 0 saturated carbocycles. The first kappa shape index (κ1) is 20.3. The van der Waals surface area contributed by atoms with Crippen LogP contribution in [0.1, 0.15) is 35.3 Å². The molecule has 0 spiro atoms. The monoisotopic (exact) mass is 389 g/mol. The molecule has 0 bridgehead atoms. The third kappa shape index (κ3) is 6.00. The van der Waals surface area contributed by atoms with Crippen molar-refractivity contribution in [2.75, 3.05) is 7.11 Å². The van der Waals surface area contributed by atoms with Crippen molar-refractivity contribution in [1.29, 1.82) is 0 Å². The molecule has 0 fully saturated rings. The number of hydrogen-bond donors (Lipinski definition) is 3. The van der Waals surface area contributed by atoms with Crippen molar-refractivity contribution in [1.82, 2.24) is 16.2 Å². The molecule has 27 heavy (non-hydrogen) atoms. The van der Waals surface area contributed by atoms with Gasteiger partial charge in [-0.25, -0.2) is 0 Å². The van der Waals surface area contributed by atoms with Gasteiger partial charge < -0.3 is 10.1 Å². The van der Waals surface area contributed by atoms with Crippen molar-refractivity contribution in [3.05, 3.63) is 64.7 Å². The zero-order valence-electron chi connectivity index (χ0n) is 14.9. The Labute approximate surface area is 162 Å². The zero-order valence-corrected chi connectivity index (χ0v) is 15.7. The molecule has 3 N–H and O–H groups in total. The Morgan fingerprint density at radius 2 is 1.78 bits per heavy atom. The number of hydrogen-bond acceptors (Lipinski definition) is 4. The molecule has 2 aromatic carbocycles. The van der Waals surface area contributed by atoms with Gasteiger partial charge in [0.05, 0.1) is 25.1 Å². The highest BCUT2D eigenvalue weighted by atomic mass is 35.5. The fourth-order valence-electron chi connectivity index (χ4n) is 2.47. The summed E-state index contributed by atoms with van der Waals surface area (Å²) < 4.78 is 5.11. The largest absolute Gasteiger partial charge is 0.496 e. The Hall–Kier alpha value is -3.06. The second-order valence-corrected chi connectivity index (χ2v) is 6.15. The Balaban J connectivity index is 2.00. The van der Waals surface area contributed by atoms with Crippen LogP contribution in [0.4, 0.5) is 0 Å². The fraction of sp³-hybridized carbons (Fsp3) is 0.211. The molecule has 2 aromatic rings. The average Bonchev–Trinajstić information content (AvgIpc) is 2.66. The van der Waals surface area contributed by atoms with E-state index in [-0.39, 0.29) is 17.9 Å². The molecule has 0 aliphatic rings. The number of carbonyl (C=O) groups is 3. The smallest absolute Gasteiger partial charge is 0.273 e. The molecular weight excluding hydrogens is 370 g/mol. The van der Waals surface area contributed by atoms with Gasteiger partial charge in [-0.1, -0.05) is 41.9 Å². The van der Waals surface area contributed by atoms with Crippen molar-refractivity contribution in [2.24, 2.45) is 0 Å². The number of hydrazine groups is 1. The number of methoxy groups -OCH3 is 1. The van der Waals surface area contributed by atoms with Crippen LogP contribution < -0.4 is 20.9 Å². The number of amides is 3. The lowest BCUT2D eigenvalue weighted by molar-refractivity contribution is -0.123. The van der Waals surface area contributed by atoms with Crippen LogP contribution in [0.25, 0.3) is 0 Å². The number of rotatable bonds is 6. The maximum absolute atomic E-state index is 12.3. The van der Waals surface area contributed by atoms with E-state index in [1.54, 1.807) is 12.1 Å². The van der Waals surface area contributed by atoms with E-state index in [4.69, 9.17) is 16.3 Å². The van der Waals surface area contributed by atoms with Crippen molar-refractivity contribution in [3.8, 4) is 5.75 Å². The van der Waals surface area contributed by atoms with Crippen LogP contribution >= 0.6 is 11.6 Å². The van der Waals surface area contributed by atoms with Crippen LogP contribution in [0.3, 0.4) is 0 Å². The molecule has 2 rings (SSSR count). The molecule has 142 valence electrons. The third-order valence-corrected chi connectivity index (χ3v) is 3.93. The van der Waals surface area contributed by atoms with Crippen molar-refractivity contribution < 1.29 is 19.1 Å². The fourth-order valence-corrected chi connectivity index (χ4v) is 2.64. The van der Waals surface area contributed by atoms with Gasteiger partial charge in [-0.05, 0) is 23.8 Å². The van der Waals surface area contributed by atoms with Crippen LogP contribution in [0.5, 0.6) is 5.75 Å². The average molecular weight is 390 g/mol. The van der Waals surface area contributed by atoms with E-state index < -0.39 is 17.9 Å². The highest BCUT2D eigenvalue weighted by molar-refractivity contribution is 6.31. The molecule has 3 amide bonds. The predicted octanol–water partition coefficient (Wildman–Crippen LogP) is 2.38. The summed E-state index contributed by atoms with van der Waals surface area (Å²) in [5, 5.41) is 3.09. The number of halogens is 1. The van der Waals surface area contributed by atoms with Gasteiger partial charge in [0.2, 0.25) is 11.8 Å². The highest BCUT2D eigenvalue weighted by Gasteiger charge is 2.18. The summed E-state index contributed by atoms with van der Waals surface area (Å²) >= 11 is 5.90. The second-order valence-electron chi connectivity index (χ2n) is 5.71. The van der Waals surface area contributed by atoms with Crippen LogP contribution in [0.15, 0.2) is 48.5 Å². The summed E-state index contributed by atoms with van der Waals surface area (Å²) in [6, 6.07) is 13.2. The molecule has 0 unspecified atom stereocenters. The normalized spacial score (nSPS) is 11.2. The molecule has 8 heteroatoms. The minimum absolute atomic E-state index is 0.0451. The lowest BCUT2D eigenvalue weighted by Crippen LogP contribution is -2.43. The summed E-state index contributed by atoms with van der Waals surface area (Å²) in [6.07, 6.45) is -0.0451. The summed E-state index contributed by atoms with van der Waals surface area (Å²) in [7, 11) is 1.43. The van der Waals surface area contributed by atoms with Crippen LogP contribution in [-0.2, 0) is 9.59 Å². The maximum Gasteiger partial charge on any atom is 0.273 e. The summed E-state index contributed by atoms with van der Waals surface area (Å²) in [5.74, 6) is -0.971. The molecule has 0 aliphatic carbocycles. The van der Waals surface area contributed by atoms with E-state index in [1.807, 2.05) is 30.3 Å². The molecule has 0 radical (unpaired) electrons. The lowest BCUT2D eigenvalue weighted by atomic mass is 10.0. The van der Waals surface area contributed by atoms with Gasteiger partial charge in [0.15, 0.2) is 0 Å². The molecule has 0 aliphatic heterocycles. The Bertz CT molecular complexity index is 827. The Morgan fingerprint density at radius 1 is 1.07 bits per heavy atom. The van der Waals surface area contributed by atoms with E-state index >= 15 is 0 Å². The topological polar surface area (TPSA) is 96.5 Å². The number of benzene rings is 2. The summed E-state index contributed by atoms with van der Waals surface area (Å²) in [4.78, 5) is 35.9. The summed E-state index contributed by atoms with van der Waals surface area (Å²) in [6.45, 7) is 1.38. The standard InChI is InChI=1S/C19H20ClN3O4/c1-12(24)21-16(13-6-4-3-5-7-13)11-18(25)22-23-19(26)15-10-14(20)8-9-17(15)27-2/h3-10,16H,11H2,1-2H3,(H,21,24)(H,22,25)(H,23,26)/t16-/m0/s1. The van der Waals surface area contributed by atoms with Crippen molar-refractivity contribution >= 4 is 29.3 Å². The van der Waals surface area contributed by atoms with Gasteiger partial charge in [-0.2, -0.15) is 0 Å². The lowest BCUT2D eigenvalue weighted by Gasteiger charge is -2.18. The minimum atomic E-state index is -0.571. The van der Waals surface area contributed by atoms with Gasteiger partial charge in [0, 0.05) is 11.9 Å². The van der Waals surface area contributed by atoms with Crippen LogP contribution in [0, 0.1) is 0 Å². The van der Waals surface area contributed by atoms with Gasteiger partial charge in [0.1, 0.15) is 5.75 Å². The van der Waals surface area contributed by atoms with Gasteiger partial charge >= 0.3 is 0 Å². The van der Waals surface area contributed by atoms with Gasteiger partial charge in [0.25, 0.3) is 5.91 Å². The van der Waals surface area contributed by atoms with E-state index in [9.17, 15) is 14.4 Å². The van der Waals surface area contributed by atoms with E-state index in [1.165, 1.54) is 20.1 Å². The highest BCUT2D eigenvalue weighted by Crippen LogP contribution is 2.22. The molecule has 0 aromatic heterocycles. The third-order valence-electron chi connectivity index (χ3n) is 3.69.